The van der Waals surface area contributed by atoms with E-state index in [1.54, 1.807) is 6.07 Å². The molecule has 138 valence electrons. The number of hydrogen-bond acceptors (Lipinski definition) is 4. The van der Waals surface area contributed by atoms with Gasteiger partial charge in [-0.3, -0.25) is 4.79 Å². The SMILES string of the molecule is CCCC(C)(N)C(=O)N1CCC(c2nc3cc(Cl)ccc3o2)CC1.Cl. The number of benzene rings is 1. The Hall–Kier alpha value is -1.30. The number of nitrogens with zero attached hydrogens (tertiary/aromatic N) is 2. The highest BCUT2D eigenvalue weighted by atomic mass is 35.5. The summed E-state index contributed by atoms with van der Waals surface area (Å²) < 4.78 is 5.87. The summed E-state index contributed by atoms with van der Waals surface area (Å²) in [5.41, 5.74) is 6.95. The Labute approximate surface area is 159 Å². The predicted octanol–water partition coefficient (Wildman–Crippen LogP) is 4.13. The number of nitrogens with two attached hydrogens (primary N) is 1. The second-order valence-electron chi connectivity index (χ2n) is 6.90. The number of piperidine rings is 1. The van der Waals surface area contributed by atoms with E-state index in [9.17, 15) is 4.79 Å². The van der Waals surface area contributed by atoms with Gasteiger partial charge in [-0.1, -0.05) is 24.9 Å². The van der Waals surface area contributed by atoms with Crippen LogP contribution >= 0.6 is 24.0 Å². The molecule has 1 atom stereocenters. The van der Waals surface area contributed by atoms with Crippen LogP contribution in [0.2, 0.25) is 5.02 Å². The molecule has 3 rings (SSSR count). The van der Waals surface area contributed by atoms with Crippen molar-refractivity contribution < 1.29 is 9.21 Å². The molecule has 0 aliphatic carbocycles. The minimum absolute atomic E-state index is 0. The molecule has 1 unspecified atom stereocenters. The van der Waals surface area contributed by atoms with Crippen molar-refractivity contribution in [2.45, 2.75) is 51.0 Å². The third-order valence-electron chi connectivity index (χ3n) is 4.76. The Morgan fingerprint density at radius 1 is 1.44 bits per heavy atom. The molecule has 0 radical (unpaired) electrons. The fourth-order valence-electron chi connectivity index (χ4n) is 3.41. The van der Waals surface area contributed by atoms with Gasteiger partial charge in [-0.25, -0.2) is 4.98 Å². The van der Waals surface area contributed by atoms with E-state index >= 15 is 0 Å². The average molecular weight is 386 g/mol. The van der Waals surface area contributed by atoms with E-state index in [1.165, 1.54) is 0 Å². The minimum atomic E-state index is -0.768. The van der Waals surface area contributed by atoms with Crippen LogP contribution in [0.1, 0.15) is 51.3 Å². The smallest absolute Gasteiger partial charge is 0.242 e. The minimum Gasteiger partial charge on any atom is -0.440 e. The molecule has 7 heteroatoms. The number of carbonyl (C=O) groups excluding carboxylic acids is 1. The Bertz CT molecular complexity index is 737. The van der Waals surface area contributed by atoms with Crippen molar-refractivity contribution in [2.24, 2.45) is 5.73 Å². The predicted molar refractivity (Wildman–Crippen MR) is 102 cm³/mol. The van der Waals surface area contributed by atoms with Crippen molar-refractivity contribution in [1.82, 2.24) is 9.88 Å². The van der Waals surface area contributed by atoms with Gasteiger partial charge in [0.15, 0.2) is 11.5 Å². The van der Waals surface area contributed by atoms with Gasteiger partial charge >= 0.3 is 0 Å². The number of aromatic nitrogens is 1. The summed E-state index contributed by atoms with van der Waals surface area (Å²) in [6, 6.07) is 5.46. The van der Waals surface area contributed by atoms with Crippen LogP contribution in [0.25, 0.3) is 11.1 Å². The molecule has 1 aromatic carbocycles. The molecule has 1 amide bonds. The van der Waals surface area contributed by atoms with E-state index < -0.39 is 5.54 Å². The highest BCUT2D eigenvalue weighted by molar-refractivity contribution is 6.31. The van der Waals surface area contributed by atoms with E-state index in [0.717, 1.165) is 36.3 Å². The lowest BCUT2D eigenvalue weighted by atomic mass is 9.92. The molecular weight excluding hydrogens is 361 g/mol. The summed E-state index contributed by atoms with van der Waals surface area (Å²) in [5, 5.41) is 0.654. The fourth-order valence-corrected chi connectivity index (χ4v) is 3.58. The quantitative estimate of drug-likeness (QED) is 0.858. The standard InChI is InChI=1S/C18H24ClN3O2.ClH/c1-3-8-18(2,20)17(23)22-9-6-12(7-10-22)16-21-14-11-13(19)4-5-15(14)24-16;/h4-5,11-12H,3,6-10,20H2,1-2H3;1H. The van der Waals surface area contributed by atoms with E-state index in [1.807, 2.05) is 30.9 Å². The van der Waals surface area contributed by atoms with Crippen LogP contribution in [0.4, 0.5) is 0 Å². The molecule has 25 heavy (non-hydrogen) atoms. The number of likely N-dealkylation sites (tertiary alicyclic amines) is 1. The Kier molecular flexibility index (Phi) is 6.35. The average Bonchev–Trinajstić information content (AvgIpc) is 2.97. The zero-order chi connectivity index (χ0) is 17.3. The molecular formula is C18H25Cl2N3O2. The molecule has 0 bridgehead atoms. The normalized spacial score (nSPS) is 18.0. The lowest BCUT2D eigenvalue weighted by Crippen LogP contribution is -2.54. The van der Waals surface area contributed by atoms with Gasteiger partial charge in [-0.15, -0.1) is 12.4 Å². The summed E-state index contributed by atoms with van der Waals surface area (Å²) in [5.74, 6) is 1.02. The van der Waals surface area contributed by atoms with Gasteiger partial charge in [-0.2, -0.15) is 0 Å². The van der Waals surface area contributed by atoms with Crippen molar-refractivity contribution >= 4 is 41.0 Å². The number of fused-ring (bicyclic) bond motifs is 1. The largest absolute Gasteiger partial charge is 0.440 e. The topological polar surface area (TPSA) is 72.4 Å². The summed E-state index contributed by atoms with van der Waals surface area (Å²) in [4.78, 5) is 19.0. The first-order valence-electron chi connectivity index (χ1n) is 8.55. The lowest BCUT2D eigenvalue weighted by Gasteiger charge is -2.36. The zero-order valence-corrected chi connectivity index (χ0v) is 16.2. The number of rotatable bonds is 4. The van der Waals surface area contributed by atoms with Crippen molar-refractivity contribution in [3.05, 3.63) is 29.1 Å². The van der Waals surface area contributed by atoms with Gasteiger partial charge in [0.1, 0.15) is 5.52 Å². The Morgan fingerprint density at radius 3 is 2.76 bits per heavy atom. The van der Waals surface area contributed by atoms with Crippen LogP contribution in [-0.4, -0.2) is 34.4 Å². The van der Waals surface area contributed by atoms with Crippen molar-refractivity contribution in [2.75, 3.05) is 13.1 Å². The lowest BCUT2D eigenvalue weighted by molar-refractivity contribution is -0.137. The molecule has 5 nitrogen and oxygen atoms in total. The van der Waals surface area contributed by atoms with Crippen LogP contribution in [0.3, 0.4) is 0 Å². The first-order valence-corrected chi connectivity index (χ1v) is 8.93. The van der Waals surface area contributed by atoms with Gasteiger partial charge < -0.3 is 15.1 Å². The van der Waals surface area contributed by atoms with Crippen molar-refractivity contribution in [3.63, 3.8) is 0 Å². The van der Waals surface area contributed by atoms with E-state index in [-0.39, 0.29) is 24.2 Å². The molecule has 2 aromatic rings. The first-order chi connectivity index (χ1) is 11.4. The summed E-state index contributed by atoms with van der Waals surface area (Å²) in [6.45, 7) is 5.26. The maximum Gasteiger partial charge on any atom is 0.242 e. The molecule has 1 aliphatic heterocycles. The molecule has 1 saturated heterocycles. The first kappa shape index (κ1) is 20.0. The number of halogens is 2. The highest BCUT2D eigenvalue weighted by Gasteiger charge is 2.35. The maximum absolute atomic E-state index is 12.6. The number of amides is 1. The highest BCUT2D eigenvalue weighted by Crippen LogP contribution is 2.31. The second-order valence-corrected chi connectivity index (χ2v) is 7.33. The van der Waals surface area contributed by atoms with Gasteiger partial charge in [-0.05, 0) is 44.4 Å². The van der Waals surface area contributed by atoms with E-state index in [4.69, 9.17) is 21.8 Å². The summed E-state index contributed by atoms with van der Waals surface area (Å²) in [6.07, 6.45) is 3.29. The molecule has 2 heterocycles. The van der Waals surface area contributed by atoms with E-state index in [2.05, 4.69) is 4.98 Å². The molecule has 1 aliphatic rings. The van der Waals surface area contributed by atoms with Crippen LogP contribution in [0, 0.1) is 0 Å². The van der Waals surface area contributed by atoms with Crippen LogP contribution in [-0.2, 0) is 4.79 Å². The van der Waals surface area contributed by atoms with E-state index in [0.29, 0.717) is 24.5 Å². The van der Waals surface area contributed by atoms with Gasteiger partial charge in [0, 0.05) is 24.0 Å². The Morgan fingerprint density at radius 2 is 2.12 bits per heavy atom. The third kappa shape index (κ3) is 4.27. The van der Waals surface area contributed by atoms with Crippen LogP contribution in [0.5, 0.6) is 0 Å². The fraction of sp³-hybridized carbons (Fsp3) is 0.556. The van der Waals surface area contributed by atoms with Gasteiger partial charge in [0.05, 0.1) is 5.54 Å². The number of oxazole rings is 1. The molecule has 0 saturated carbocycles. The monoisotopic (exact) mass is 385 g/mol. The molecule has 0 spiro atoms. The van der Waals surface area contributed by atoms with Crippen LogP contribution in [0.15, 0.2) is 22.6 Å². The third-order valence-corrected chi connectivity index (χ3v) is 4.99. The van der Waals surface area contributed by atoms with Crippen molar-refractivity contribution in [1.29, 1.82) is 0 Å². The van der Waals surface area contributed by atoms with Gasteiger partial charge in [0.25, 0.3) is 0 Å². The number of hydrogen-bond donors (Lipinski definition) is 1. The zero-order valence-electron chi connectivity index (χ0n) is 14.6. The molecule has 1 fully saturated rings. The maximum atomic E-state index is 12.6. The Balaban J connectivity index is 0.00000225. The second kappa shape index (κ2) is 7.94. The van der Waals surface area contributed by atoms with Crippen molar-refractivity contribution in [3.8, 4) is 0 Å². The van der Waals surface area contributed by atoms with Gasteiger partial charge in [0.2, 0.25) is 5.91 Å². The number of carbonyl (C=O) groups is 1. The summed E-state index contributed by atoms with van der Waals surface area (Å²) >= 11 is 6.00. The summed E-state index contributed by atoms with van der Waals surface area (Å²) in [7, 11) is 0. The van der Waals surface area contributed by atoms with Crippen LogP contribution < -0.4 is 5.73 Å². The molecule has 2 N–H and O–H groups in total. The molecule has 1 aromatic heterocycles.